The minimum atomic E-state index is 0.320. The van der Waals surface area contributed by atoms with Crippen LogP contribution in [-0.2, 0) is 13.5 Å². The van der Waals surface area contributed by atoms with Crippen molar-refractivity contribution in [3.63, 3.8) is 0 Å². The van der Waals surface area contributed by atoms with Gasteiger partial charge >= 0.3 is 0 Å². The molecule has 1 saturated heterocycles. The van der Waals surface area contributed by atoms with E-state index in [0.29, 0.717) is 5.54 Å². The highest BCUT2D eigenvalue weighted by Crippen LogP contribution is 2.21. The molecule has 1 atom stereocenters. The first-order valence-corrected chi connectivity index (χ1v) is 6.57. The summed E-state index contributed by atoms with van der Waals surface area (Å²) in [5.41, 5.74) is 1.66. The zero-order chi connectivity index (χ0) is 12.3. The Bertz CT molecular complexity index is 360. The van der Waals surface area contributed by atoms with Crippen molar-refractivity contribution in [1.82, 2.24) is 20.0 Å². The van der Waals surface area contributed by atoms with Crippen molar-refractivity contribution in [3.05, 3.63) is 18.0 Å². The van der Waals surface area contributed by atoms with Gasteiger partial charge in [0.15, 0.2) is 0 Å². The third-order valence-corrected chi connectivity index (χ3v) is 4.02. The molecule has 1 aromatic rings. The van der Waals surface area contributed by atoms with Crippen molar-refractivity contribution >= 4 is 0 Å². The fourth-order valence-corrected chi connectivity index (χ4v) is 2.55. The van der Waals surface area contributed by atoms with E-state index in [9.17, 15) is 0 Å². The van der Waals surface area contributed by atoms with Gasteiger partial charge < -0.3 is 5.32 Å². The first-order valence-electron chi connectivity index (χ1n) is 6.57. The van der Waals surface area contributed by atoms with Crippen molar-refractivity contribution in [1.29, 1.82) is 0 Å². The minimum absolute atomic E-state index is 0.320. The Labute approximate surface area is 104 Å². The number of rotatable bonds is 4. The number of aromatic nitrogens is 2. The van der Waals surface area contributed by atoms with Gasteiger partial charge in [0.25, 0.3) is 0 Å². The number of piperazine rings is 1. The molecule has 0 amide bonds. The summed E-state index contributed by atoms with van der Waals surface area (Å²) in [6.07, 6.45) is 6.40. The molecule has 0 aromatic carbocycles. The smallest absolute Gasteiger partial charge is 0.0522 e. The van der Waals surface area contributed by atoms with Crippen LogP contribution in [0, 0.1) is 0 Å². The van der Waals surface area contributed by atoms with Crippen LogP contribution in [0.3, 0.4) is 0 Å². The Morgan fingerprint density at radius 1 is 1.53 bits per heavy atom. The standard InChI is InChI=1S/C13H24N4/c1-4-13(2)11-14-6-8-17(13)7-5-12-9-15-16(3)10-12/h9-10,14H,4-8,11H2,1-3H3. The van der Waals surface area contributed by atoms with Gasteiger partial charge in [0.05, 0.1) is 6.20 Å². The zero-order valence-electron chi connectivity index (χ0n) is 11.2. The molecule has 0 bridgehead atoms. The fraction of sp³-hybridized carbons (Fsp3) is 0.769. The van der Waals surface area contributed by atoms with E-state index >= 15 is 0 Å². The Morgan fingerprint density at radius 3 is 3.00 bits per heavy atom. The fourth-order valence-electron chi connectivity index (χ4n) is 2.55. The van der Waals surface area contributed by atoms with Crippen molar-refractivity contribution in [2.75, 3.05) is 26.2 Å². The molecule has 1 aliphatic rings. The summed E-state index contributed by atoms with van der Waals surface area (Å²) in [4.78, 5) is 2.62. The number of hydrogen-bond acceptors (Lipinski definition) is 3. The van der Waals surface area contributed by atoms with E-state index in [4.69, 9.17) is 0 Å². The van der Waals surface area contributed by atoms with Crippen molar-refractivity contribution < 1.29 is 0 Å². The SMILES string of the molecule is CCC1(C)CNCCN1CCc1cnn(C)c1. The van der Waals surface area contributed by atoms with Gasteiger partial charge in [-0.25, -0.2) is 0 Å². The molecule has 2 heterocycles. The maximum Gasteiger partial charge on any atom is 0.0522 e. The van der Waals surface area contributed by atoms with Gasteiger partial charge in [0.2, 0.25) is 0 Å². The van der Waals surface area contributed by atoms with Gasteiger partial charge in [-0.15, -0.1) is 0 Å². The quantitative estimate of drug-likeness (QED) is 0.848. The number of nitrogens with zero attached hydrogens (tertiary/aromatic N) is 3. The lowest BCUT2D eigenvalue weighted by Crippen LogP contribution is -2.59. The molecule has 1 aromatic heterocycles. The van der Waals surface area contributed by atoms with E-state index in [2.05, 4.69) is 35.4 Å². The van der Waals surface area contributed by atoms with E-state index in [1.807, 2.05) is 17.9 Å². The van der Waals surface area contributed by atoms with Gasteiger partial charge in [-0.05, 0) is 25.3 Å². The molecule has 1 fully saturated rings. The van der Waals surface area contributed by atoms with Crippen molar-refractivity contribution in [3.8, 4) is 0 Å². The number of aryl methyl sites for hydroxylation is 1. The minimum Gasteiger partial charge on any atom is -0.314 e. The highest BCUT2D eigenvalue weighted by molar-refractivity contribution is 5.05. The second-order valence-corrected chi connectivity index (χ2v) is 5.29. The first-order chi connectivity index (χ1) is 8.14. The molecule has 4 heteroatoms. The lowest BCUT2D eigenvalue weighted by Gasteiger charge is -2.45. The predicted molar refractivity (Wildman–Crippen MR) is 70.1 cm³/mol. The van der Waals surface area contributed by atoms with Crippen LogP contribution >= 0.6 is 0 Å². The predicted octanol–water partition coefficient (Wildman–Crippen LogP) is 1.04. The zero-order valence-corrected chi connectivity index (χ0v) is 11.2. The van der Waals surface area contributed by atoms with Gasteiger partial charge in [-0.1, -0.05) is 6.92 Å². The summed E-state index contributed by atoms with van der Waals surface area (Å²) in [6.45, 7) is 9.16. The maximum atomic E-state index is 4.22. The molecule has 4 nitrogen and oxygen atoms in total. The Balaban J connectivity index is 1.92. The molecule has 0 spiro atoms. The average molecular weight is 236 g/mol. The van der Waals surface area contributed by atoms with Gasteiger partial charge in [-0.2, -0.15) is 5.10 Å². The summed E-state index contributed by atoms with van der Waals surface area (Å²) >= 11 is 0. The molecule has 1 N–H and O–H groups in total. The van der Waals surface area contributed by atoms with E-state index in [1.54, 1.807) is 0 Å². The highest BCUT2D eigenvalue weighted by atomic mass is 15.3. The largest absolute Gasteiger partial charge is 0.314 e. The Hall–Kier alpha value is -0.870. The third kappa shape index (κ3) is 2.87. The number of hydrogen-bond donors (Lipinski definition) is 1. The molecule has 0 aliphatic carbocycles. The summed E-state index contributed by atoms with van der Waals surface area (Å²) in [6, 6.07) is 0. The van der Waals surface area contributed by atoms with Crippen LogP contribution in [0.4, 0.5) is 0 Å². The molecule has 0 saturated carbocycles. The lowest BCUT2D eigenvalue weighted by atomic mass is 9.93. The Morgan fingerprint density at radius 2 is 2.35 bits per heavy atom. The van der Waals surface area contributed by atoms with Gasteiger partial charge in [0.1, 0.15) is 0 Å². The van der Waals surface area contributed by atoms with Crippen LogP contribution < -0.4 is 5.32 Å². The van der Waals surface area contributed by atoms with Crippen LogP contribution in [0.1, 0.15) is 25.8 Å². The molecular weight excluding hydrogens is 212 g/mol. The molecule has 96 valence electrons. The van der Waals surface area contributed by atoms with Crippen LogP contribution in [0.15, 0.2) is 12.4 Å². The van der Waals surface area contributed by atoms with Crippen molar-refractivity contribution in [2.45, 2.75) is 32.2 Å². The van der Waals surface area contributed by atoms with Crippen LogP contribution in [0.25, 0.3) is 0 Å². The molecule has 17 heavy (non-hydrogen) atoms. The van der Waals surface area contributed by atoms with E-state index < -0.39 is 0 Å². The molecule has 1 aliphatic heterocycles. The normalized spacial score (nSPS) is 26.3. The summed E-state index contributed by atoms with van der Waals surface area (Å²) in [7, 11) is 1.98. The topological polar surface area (TPSA) is 33.1 Å². The number of nitrogens with one attached hydrogen (secondary N) is 1. The van der Waals surface area contributed by atoms with E-state index in [0.717, 1.165) is 32.6 Å². The average Bonchev–Trinajstić information content (AvgIpc) is 2.74. The molecular formula is C13H24N4. The summed E-state index contributed by atoms with van der Waals surface area (Å²) in [5.74, 6) is 0. The van der Waals surface area contributed by atoms with Gasteiger partial charge in [-0.3, -0.25) is 9.58 Å². The molecule has 0 radical (unpaired) electrons. The van der Waals surface area contributed by atoms with E-state index in [-0.39, 0.29) is 0 Å². The van der Waals surface area contributed by atoms with Gasteiger partial charge in [0, 0.05) is 45.0 Å². The van der Waals surface area contributed by atoms with Crippen LogP contribution in [0.2, 0.25) is 0 Å². The van der Waals surface area contributed by atoms with Crippen LogP contribution in [0.5, 0.6) is 0 Å². The monoisotopic (exact) mass is 236 g/mol. The Kier molecular flexibility index (Phi) is 3.84. The molecule has 2 rings (SSSR count). The second kappa shape index (κ2) is 5.19. The molecule has 1 unspecified atom stereocenters. The maximum absolute atomic E-state index is 4.22. The summed E-state index contributed by atoms with van der Waals surface area (Å²) < 4.78 is 1.88. The van der Waals surface area contributed by atoms with Crippen molar-refractivity contribution in [2.24, 2.45) is 7.05 Å². The van der Waals surface area contributed by atoms with E-state index in [1.165, 1.54) is 12.0 Å². The third-order valence-electron chi connectivity index (χ3n) is 4.02. The second-order valence-electron chi connectivity index (χ2n) is 5.29. The van der Waals surface area contributed by atoms with Crippen LogP contribution in [-0.4, -0.2) is 46.4 Å². The first kappa shape index (κ1) is 12.6. The highest BCUT2D eigenvalue weighted by Gasteiger charge is 2.31. The summed E-state index contributed by atoms with van der Waals surface area (Å²) in [5, 5.41) is 7.72. The lowest BCUT2D eigenvalue weighted by molar-refractivity contribution is 0.0727.